The van der Waals surface area contributed by atoms with E-state index in [2.05, 4.69) is 5.32 Å². The number of hydrogen-bond donors (Lipinski definition) is 1. The minimum absolute atomic E-state index is 0.166. The van der Waals surface area contributed by atoms with Gasteiger partial charge in [0.05, 0.1) is 5.97 Å². The van der Waals surface area contributed by atoms with Crippen molar-refractivity contribution in [1.82, 2.24) is 0 Å². The zero-order valence-electron chi connectivity index (χ0n) is 10.3. The van der Waals surface area contributed by atoms with Crippen molar-refractivity contribution >= 4 is 17.6 Å². The van der Waals surface area contributed by atoms with Gasteiger partial charge >= 0.3 is 0 Å². The third kappa shape index (κ3) is 3.96. The summed E-state index contributed by atoms with van der Waals surface area (Å²) in [5, 5.41) is 13.0. The maximum atomic E-state index is 11.8. The molecule has 0 bridgehead atoms. The molecule has 1 fully saturated rings. The lowest BCUT2D eigenvalue weighted by atomic mass is 10.2. The summed E-state index contributed by atoms with van der Waals surface area (Å²) in [7, 11) is 0. The molecule has 0 spiro atoms. The standard InChI is InChI=1S/C13H15NO5/c15-12(16)8-19-10-5-3-9(4-6-10)14-13(17)11-2-1-7-18-11/h3-6,11H,1-2,7-8H2,(H,14,17)(H,15,16)/p-1/t11-/m0/s1. The topological polar surface area (TPSA) is 87.7 Å². The van der Waals surface area contributed by atoms with Gasteiger partial charge in [-0.2, -0.15) is 0 Å². The number of aliphatic carboxylic acids is 1. The molecule has 1 amide bonds. The molecule has 19 heavy (non-hydrogen) atoms. The van der Waals surface area contributed by atoms with E-state index in [1.54, 1.807) is 24.3 Å². The Morgan fingerprint density at radius 3 is 2.68 bits per heavy atom. The second-order valence-electron chi connectivity index (χ2n) is 4.18. The van der Waals surface area contributed by atoms with E-state index in [1.807, 2.05) is 0 Å². The molecule has 1 heterocycles. The van der Waals surface area contributed by atoms with Gasteiger partial charge in [0.2, 0.25) is 0 Å². The summed E-state index contributed by atoms with van der Waals surface area (Å²) >= 11 is 0. The van der Waals surface area contributed by atoms with E-state index in [1.165, 1.54) is 0 Å². The van der Waals surface area contributed by atoms with Crippen molar-refractivity contribution in [2.75, 3.05) is 18.5 Å². The van der Waals surface area contributed by atoms with E-state index in [0.29, 0.717) is 18.0 Å². The molecule has 0 saturated carbocycles. The van der Waals surface area contributed by atoms with Crippen molar-refractivity contribution in [3.05, 3.63) is 24.3 Å². The van der Waals surface area contributed by atoms with Crippen molar-refractivity contribution in [2.45, 2.75) is 18.9 Å². The van der Waals surface area contributed by atoms with Crippen LogP contribution >= 0.6 is 0 Å². The van der Waals surface area contributed by atoms with Gasteiger partial charge in [-0.15, -0.1) is 0 Å². The number of nitrogens with one attached hydrogen (secondary N) is 1. The van der Waals surface area contributed by atoms with E-state index in [9.17, 15) is 14.7 Å². The Morgan fingerprint density at radius 2 is 2.11 bits per heavy atom. The Balaban J connectivity index is 1.87. The van der Waals surface area contributed by atoms with Crippen LogP contribution in [0.15, 0.2) is 24.3 Å². The number of benzene rings is 1. The predicted octanol–water partition coefficient (Wildman–Crippen LogP) is -0.0672. The maximum absolute atomic E-state index is 11.8. The highest BCUT2D eigenvalue weighted by molar-refractivity contribution is 5.94. The molecule has 1 aliphatic rings. The van der Waals surface area contributed by atoms with Gasteiger partial charge in [0, 0.05) is 12.3 Å². The van der Waals surface area contributed by atoms with Crippen LogP contribution in [-0.2, 0) is 14.3 Å². The zero-order valence-corrected chi connectivity index (χ0v) is 10.3. The first-order chi connectivity index (χ1) is 9.15. The van der Waals surface area contributed by atoms with Gasteiger partial charge in [0.1, 0.15) is 18.5 Å². The fourth-order valence-corrected chi connectivity index (χ4v) is 1.78. The number of ether oxygens (including phenoxy) is 2. The van der Waals surface area contributed by atoms with Gasteiger partial charge in [-0.1, -0.05) is 0 Å². The summed E-state index contributed by atoms with van der Waals surface area (Å²) in [6.45, 7) is 0.121. The Labute approximate surface area is 110 Å². The SMILES string of the molecule is O=C([O-])COc1ccc(NC(=O)[C@@H]2CCCO2)cc1. The molecule has 2 rings (SSSR count). The highest BCUT2D eigenvalue weighted by Gasteiger charge is 2.23. The molecule has 6 heteroatoms. The monoisotopic (exact) mass is 264 g/mol. The first-order valence-electron chi connectivity index (χ1n) is 6.00. The minimum Gasteiger partial charge on any atom is -0.546 e. The summed E-state index contributed by atoms with van der Waals surface area (Å²) in [5.41, 5.74) is 0.612. The van der Waals surface area contributed by atoms with Crippen LogP contribution in [0.1, 0.15) is 12.8 Å². The van der Waals surface area contributed by atoms with Gasteiger partial charge in [-0.3, -0.25) is 4.79 Å². The summed E-state index contributed by atoms with van der Waals surface area (Å²) < 4.78 is 10.2. The molecule has 1 saturated heterocycles. The molecule has 1 aliphatic heterocycles. The van der Waals surface area contributed by atoms with E-state index in [4.69, 9.17) is 9.47 Å². The van der Waals surface area contributed by atoms with E-state index in [0.717, 1.165) is 12.8 Å². The van der Waals surface area contributed by atoms with E-state index >= 15 is 0 Å². The number of hydrogen-bond acceptors (Lipinski definition) is 5. The van der Waals surface area contributed by atoms with Gasteiger partial charge in [0.15, 0.2) is 0 Å². The van der Waals surface area contributed by atoms with Crippen LogP contribution in [-0.4, -0.2) is 31.2 Å². The third-order valence-corrected chi connectivity index (χ3v) is 2.70. The Hall–Kier alpha value is -2.08. The molecular weight excluding hydrogens is 250 g/mol. The van der Waals surface area contributed by atoms with Crippen LogP contribution in [0.25, 0.3) is 0 Å². The van der Waals surface area contributed by atoms with Gasteiger partial charge in [-0.25, -0.2) is 0 Å². The van der Waals surface area contributed by atoms with E-state index < -0.39 is 12.6 Å². The number of rotatable bonds is 5. The van der Waals surface area contributed by atoms with Crippen molar-refractivity contribution in [1.29, 1.82) is 0 Å². The average molecular weight is 264 g/mol. The number of carboxylic acid groups (broad SMARTS) is 1. The van der Waals surface area contributed by atoms with Crippen molar-refractivity contribution in [2.24, 2.45) is 0 Å². The van der Waals surface area contributed by atoms with Crippen LogP contribution in [0.4, 0.5) is 5.69 Å². The third-order valence-electron chi connectivity index (χ3n) is 2.70. The molecule has 102 valence electrons. The van der Waals surface area contributed by atoms with E-state index in [-0.39, 0.29) is 12.0 Å². The van der Waals surface area contributed by atoms with Gasteiger partial charge in [-0.05, 0) is 37.1 Å². The number of anilines is 1. The molecule has 1 atom stereocenters. The van der Waals surface area contributed by atoms with Crippen LogP contribution in [0.2, 0.25) is 0 Å². The first-order valence-corrected chi connectivity index (χ1v) is 6.00. The largest absolute Gasteiger partial charge is 0.546 e. The number of amides is 1. The minimum atomic E-state index is -1.28. The molecule has 6 nitrogen and oxygen atoms in total. The normalized spacial score (nSPS) is 18.0. The van der Waals surface area contributed by atoms with Crippen molar-refractivity contribution in [3.8, 4) is 5.75 Å². The maximum Gasteiger partial charge on any atom is 0.253 e. The van der Waals surface area contributed by atoms with Crippen molar-refractivity contribution < 1.29 is 24.2 Å². The summed E-state index contributed by atoms with van der Waals surface area (Å²) in [4.78, 5) is 22.0. The Bertz CT molecular complexity index is 451. The lowest BCUT2D eigenvalue weighted by molar-refractivity contribution is -0.307. The lowest BCUT2D eigenvalue weighted by Gasteiger charge is -2.11. The van der Waals surface area contributed by atoms with Crippen LogP contribution in [0.5, 0.6) is 5.75 Å². The smallest absolute Gasteiger partial charge is 0.253 e. The second-order valence-corrected chi connectivity index (χ2v) is 4.18. The molecule has 1 aromatic rings. The summed E-state index contributed by atoms with van der Waals surface area (Å²) in [5.74, 6) is -1.05. The fraction of sp³-hybridized carbons (Fsp3) is 0.385. The Morgan fingerprint density at radius 1 is 1.37 bits per heavy atom. The Kier molecular flexibility index (Phi) is 4.35. The van der Waals surface area contributed by atoms with Crippen LogP contribution in [0.3, 0.4) is 0 Å². The second kappa shape index (κ2) is 6.19. The molecule has 0 unspecified atom stereocenters. The molecule has 1 aromatic carbocycles. The van der Waals surface area contributed by atoms with Gasteiger partial charge < -0.3 is 24.7 Å². The number of carboxylic acids is 1. The summed E-state index contributed by atoms with van der Waals surface area (Å²) in [6, 6.07) is 6.43. The number of carbonyl (C=O) groups is 2. The lowest BCUT2D eigenvalue weighted by Crippen LogP contribution is -2.29. The number of carbonyl (C=O) groups excluding carboxylic acids is 2. The van der Waals surface area contributed by atoms with Crippen molar-refractivity contribution in [3.63, 3.8) is 0 Å². The molecular formula is C13H14NO5-. The highest BCUT2D eigenvalue weighted by Crippen LogP contribution is 2.18. The summed E-state index contributed by atoms with van der Waals surface area (Å²) in [6.07, 6.45) is 1.25. The fourth-order valence-electron chi connectivity index (χ4n) is 1.78. The predicted molar refractivity (Wildman–Crippen MR) is 64.5 cm³/mol. The van der Waals surface area contributed by atoms with Gasteiger partial charge in [0.25, 0.3) is 5.91 Å². The molecule has 0 aliphatic carbocycles. The average Bonchev–Trinajstić information content (AvgIpc) is 2.92. The van der Waals surface area contributed by atoms with Crippen LogP contribution in [0, 0.1) is 0 Å². The molecule has 0 radical (unpaired) electrons. The quantitative estimate of drug-likeness (QED) is 0.804. The first kappa shape index (κ1) is 13.4. The molecule has 1 N–H and O–H groups in total. The zero-order chi connectivity index (χ0) is 13.7. The highest BCUT2D eigenvalue weighted by atomic mass is 16.5. The molecule has 0 aromatic heterocycles. The van der Waals surface area contributed by atoms with Crippen LogP contribution < -0.4 is 15.2 Å².